The Balaban J connectivity index is 3.10. The second-order valence-corrected chi connectivity index (χ2v) is 6.82. The van der Waals surface area contributed by atoms with Gasteiger partial charge >= 0.3 is 5.97 Å². The molecule has 0 amide bonds. The molecule has 21 heavy (non-hydrogen) atoms. The minimum Gasteiger partial charge on any atom is -0.468 e. The summed E-state index contributed by atoms with van der Waals surface area (Å²) in [5, 5.41) is 6.35. The number of carbonyl (C=O) groups excluding carboxylic acids is 1. The van der Waals surface area contributed by atoms with E-state index in [1.165, 1.54) is 17.6 Å². The number of aryl methyl sites for hydroxylation is 1. The third-order valence-corrected chi connectivity index (χ3v) is 5.48. The maximum atomic E-state index is 12.7. The average Bonchev–Trinajstić information content (AvgIpc) is 2.89. The number of hydrogen-bond donors (Lipinski definition) is 1. The summed E-state index contributed by atoms with van der Waals surface area (Å²) in [5.41, 5.74) is 0.453. The van der Waals surface area contributed by atoms with E-state index in [2.05, 4.69) is 14.9 Å². The second kappa shape index (κ2) is 7.56. The molecule has 1 heterocycles. The van der Waals surface area contributed by atoms with Gasteiger partial charge in [0.1, 0.15) is 11.4 Å². The predicted octanol–water partition coefficient (Wildman–Crippen LogP) is 1.32. The lowest BCUT2D eigenvalue weighted by Gasteiger charge is -2.24. The first kappa shape index (κ1) is 17.6. The Morgan fingerprint density at radius 3 is 2.48 bits per heavy atom. The van der Waals surface area contributed by atoms with Crippen molar-refractivity contribution in [2.24, 2.45) is 5.92 Å². The maximum Gasteiger partial charge on any atom is 0.321 e. The molecular formula is C13H23N3O4S. The van der Waals surface area contributed by atoms with Crippen molar-refractivity contribution in [1.82, 2.24) is 14.5 Å². The van der Waals surface area contributed by atoms with Crippen molar-refractivity contribution in [3.8, 4) is 0 Å². The number of esters is 1. The summed E-state index contributed by atoms with van der Waals surface area (Å²) in [6, 6.07) is 0. The van der Waals surface area contributed by atoms with Crippen molar-refractivity contribution >= 4 is 16.0 Å². The van der Waals surface area contributed by atoms with E-state index in [9.17, 15) is 13.2 Å². The van der Waals surface area contributed by atoms with Gasteiger partial charge in [-0.1, -0.05) is 26.7 Å². The number of H-pyrrole nitrogens is 1. The Kier molecular flexibility index (Phi) is 6.35. The number of nitrogens with one attached hydrogen (secondary N) is 1. The van der Waals surface area contributed by atoms with Crippen LogP contribution >= 0.6 is 0 Å². The van der Waals surface area contributed by atoms with Crippen LogP contribution in [0.5, 0.6) is 0 Å². The van der Waals surface area contributed by atoms with Gasteiger partial charge in [-0.25, -0.2) is 8.42 Å². The molecule has 0 aliphatic rings. The molecule has 1 rings (SSSR count). The van der Waals surface area contributed by atoms with Crippen LogP contribution in [0.3, 0.4) is 0 Å². The number of nitrogens with zero attached hydrogens (tertiary/aromatic N) is 2. The molecule has 120 valence electrons. The fourth-order valence-corrected chi connectivity index (χ4v) is 3.61. The van der Waals surface area contributed by atoms with E-state index in [0.29, 0.717) is 5.69 Å². The molecule has 0 aliphatic heterocycles. The van der Waals surface area contributed by atoms with Crippen LogP contribution < -0.4 is 0 Å². The largest absolute Gasteiger partial charge is 0.468 e. The molecule has 1 N–H and O–H groups in total. The molecular weight excluding hydrogens is 294 g/mol. The monoisotopic (exact) mass is 317 g/mol. The number of hydrogen-bond acceptors (Lipinski definition) is 5. The third kappa shape index (κ3) is 4.28. The number of carbonyl (C=O) groups is 1. The molecule has 0 radical (unpaired) electrons. The highest BCUT2D eigenvalue weighted by atomic mass is 32.2. The highest BCUT2D eigenvalue weighted by molar-refractivity contribution is 7.89. The van der Waals surface area contributed by atoms with E-state index in [-0.39, 0.29) is 23.9 Å². The van der Waals surface area contributed by atoms with Crippen molar-refractivity contribution < 1.29 is 17.9 Å². The average molecular weight is 317 g/mol. The highest BCUT2D eigenvalue weighted by Gasteiger charge is 2.30. The molecule has 0 aliphatic carbocycles. The van der Waals surface area contributed by atoms with E-state index >= 15 is 0 Å². The van der Waals surface area contributed by atoms with Crippen molar-refractivity contribution in [2.75, 3.05) is 20.2 Å². The summed E-state index contributed by atoms with van der Waals surface area (Å²) in [6.45, 7) is 5.63. The fourth-order valence-electron chi connectivity index (χ4n) is 2.03. The normalized spacial score (nSPS) is 12.1. The van der Waals surface area contributed by atoms with Crippen molar-refractivity contribution in [2.45, 2.75) is 38.5 Å². The summed E-state index contributed by atoms with van der Waals surface area (Å²) < 4.78 is 31.2. The van der Waals surface area contributed by atoms with E-state index in [4.69, 9.17) is 0 Å². The molecule has 1 aromatic heterocycles. The Hall–Kier alpha value is -1.41. The van der Waals surface area contributed by atoms with Gasteiger partial charge in [-0.05, 0) is 12.8 Å². The van der Waals surface area contributed by atoms with Gasteiger partial charge in [0.2, 0.25) is 10.0 Å². The maximum absolute atomic E-state index is 12.7. The minimum absolute atomic E-state index is 0.0948. The second-order valence-electron chi connectivity index (χ2n) is 4.92. The molecule has 7 nitrogen and oxygen atoms in total. The summed E-state index contributed by atoms with van der Waals surface area (Å²) in [4.78, 5) is 11.6. The first-order chi connectivity index (χ1) is 9.86. The quantitative estimate of drug-likeness (QED) is 0.730. The molecule has 0 fully saturated rings. The van der Waals surface area contributed by atoms with E-state index in [1.807, 2.05) is 13.8 Å². The summed E-state index contributed by atoms with van der Waals surface area (Å²) in [5.74, 6) is -0.387. The first-order valence-electron chi connectivity index (χ1n) is 6.93. The molecule has 0 spiro atoms. The first-order valence-corrected chi connectivity index (χ1v) is 8.37. The number of aromatic amines is 1. The van der Waals surface area contributed by atoms with E-state index in [0.717, 1.165) is 12.8 Å². The Morgan fingerprint density at radius 2 is 2.05 bits per heavy atom. The number of ether oxygens (including phenoxy) is 1. The van der Waals surface area contributed by atoms with Gasteiger partial charge in [-0.2, -0.15) is 9.40 Å². The van der Waals surface area contributed by atoms with Gasteiger partial charge in [0, 0.05) is 6.54 Å². The van der Waals surface area contributed by atoms with Crippen LogP contribution in [0, 0.1) is 12.8 Å². The lowest BCUT2D eigenvalue weighted by molar-refractivity contribution is -0.140. The fraction of sp³-hybridized carbons (Fsp3) is 0.692. The van der Waals surface area contributed by atoms with Crippen LogP contribution in [0.25, 0.3) is 0 Å². The van der Waals surface area contributed by atoms with Crippen molar-refractivity contribution in [1.29, 1.82) is 0 Å². The van der Waals surface area contributed by atoms with E-state index in [1.54, 1.807) is 6.92 Å². The summed E-state index contributed by atoms with van der Waals surface area (Å²) in [7, 11) is -2.53. The van der Waals surface area contributed by atoms with Crippen molar-refractivity contribution in [3.05, 3.63) is 11.9 Å². The number of methoxy groups -OCH3 is 1. The van der Waals surface area contributed by atoms with Gasteiger partial charge in [0.05, 0.1) is 19.0 Å². The van der Waals surface area contributed by atoms with Gasteiger partial charge in [-0.3, -0.25) is 9.89 Å². The van der Waals surface area contributed by atoms with Crippen LogP contribution in [0.1, 0.15) is 32.4 Å². The van der Waals surface area contributed by atoms with Gasteiger partial charge < -0.3 is 4.74 Å². The number of rotatable bonds is 8. The third-order valence-electron chi connectivity index (χ3n) is 3.55. The Morgan fingerprint density at radius 1 is 1.43 bits per heavy atom. The molecule has 0 aromatic carbocycles. The van der Waals surface area contributed by atoms with Crippen LogP contribution in [0.2, 0.25) is 0 Å². The smallest absolute Gasteiger partial charge is 0.321 e. The highest BCUT2D eigenvalue weighted by Crippen LogP contribution is 2.20. The minimum atomic E-state index is -3.77. The molecule has 8 heteroatoms. The molecule has 0 bridgehead atoms. The lowest BCUT2D eigenvalue weighted by atomic mass is 10.0. The molecule has 0 unspecified atom stereocenters. The van der Waals surface area contributed by atoms with Crippen LogP contribution in [-0.2, 0) is 19.6 Å². The molecule has 0 atom stereocenters. The van der Waals surface area contributed by atoms with E-state index < -0.39 is 16.0 Å². The Bertz CT molecular complexity index is 564. The zero-order valence-electron chi connectivity index (χ0n) is 12.9. The molecule has 1 aromatic rings. The summed E-state index contributed by atoms with van der Waals surface area (Å²) in [6.07, 6.45) is 2.95. The van der Waals surface area contributed by atoms with Crippen LogP contribution in [0.4, 0.5) is 0 Å². The van der Waals surface area contributed by atoms with Gasteiger partial charge in [0.15, 0.2) is 0 Å². The zero-order chi connectivity index (χ0) is 16.0. The van der Waals surface area contributed by atoms with Crippen molar-refractivity contribution in [3.63, 3.8) is 0 Å². The topological polar surface area (TPSA) is 92.4 Å². The van der Waals surface area contributed by atoms with Crippen LogP contribution in [0.15, 0.2) is 11.1 Å². The number of sulfonamides is 1. The van der Waals surface area contributed by atoms with Crippen LogP contribution in [-0.4, -0.2) is 49.1 Å². The molecule has 0 saturated carbocycles. The number of aromatic nitrogens is 2. The zero-order valence-corrected chi connectivity index (χ0v) is 13.7. The Labute approximate surface area is 125 Å². The standard InChI is InChI=1S/C13H23N3O4S/c1-5-11(6-2)8-16(9-13(17)20-4)21(18,19)12-7-14-15-10(12)3/h7,11H,5-6,8-9H2,1-4H3,(H,14,15). The van der Waals surface area contributed by atoms with Gasteiger partial charge in [0.25, 0.3) is 0 Å². The summed E-state index contributed by atoms with van der Waals surface area (Å²) >= 11 is 0. The predicted molar refractivity (Wildman–Crippen MR) is 78.2 cm³/mol. The lowest BCUT2D eigenvalue weighted by Crippen LogP contribution is -2.39. The molecule has 0 saturated heterocycles. The SMILES string of the molecule is CCC(CC)CN(CC(=O)OC)S(=O)(=O)c1cn[nH]c1C. The van der Waals surface area contributed by atoms with Gasteiger partial charge in [-0.15, -0.1) is 0 Å².